The number of carbonyl (C=O) groups excluding carboxylic acids is 1. The molecule has 1 amide bonds. The molecule has 2 N–H and O–H groups in total. The molecule has 3 rings (SSSR count). The molecule has 1 aromatic carbocycles. The summed E-state index contributed by atoms with van der Waals surface area (Å²) in [5, 5.41) is 6.22. The van der Waals surface area contributed by atoms with Gasteiger partial charge in [0, 0.05) is 32.7 Å². The summed E-state index contributed by atoms with van der Waals surface area (Å²) in [6.45, 7) is 5.80. The molecule has 1 saturated heterocycles. The summed E-state index contributed by atoms with van der Waals surface area (Å²) >= 11 is 0. The van der Waals surface area contributed by atoms with Gasteiger partial charge in [-0.25, -0.2) is 4.98 Å². The van der Waals surface area contributed by atoms with Crippen molar-refractivity contribution in [3.8, 4) is 5.75 Å². The SMILES string of the molecule is COc1ccc(CCNC(=O)c2cccc(NCCN3CCOCC3)n2)cc1. The molecule has 7 nitrogen and oxygen atoms in total. The Morgan fingerprint density at radius 1 is 1.14 bits per heavy atom. The molecule has 1 aliphatic heterocycles. The van der Waals surface area contributed by atoms with Gasteiger partial charge >= 0.3 is 0 Å². The molecule has 2 aromatic rings. The largest absolute Gasteiger partial charge is 0.497 e. The van der Waals surface area contributed by atoms with Crippen molar-refractivity contribution in [2.45, 2.75) is 6.42 Å². The summed E-state index contributed by atoms with van der Waals surface area (Å²) in [6, 6.07) is 13.3. The molecule has 1 fully saturated rings. The summed E-state index contributed by atoms with van der Waals surface area (Å²) in [7, 11) is 1.65. The molecule has 150 valence electrons. The number of rotatable bonds is 9. The van der Waals surface area contributed by atoms with Gasteiger partial charge in [0.25, 0.3) is 5.91 Å². The molecule has 0 bridgehead atoms. The van der Waals surface area contributed by atoms with Gasteiger partial charge in [0.1, 0.15) is 17.3 Å². The maximum atomic E-state index is 12.4. The van der Waals surface area contributed by atoms with Gasteiger partial charge in [0.15, 0.2) is 0 Å². The van der Waals surface area contributed by atoms with Gasteiger partial charge in [-0.2, -0.15) is 0 Å². The van der Waals surface area contributed by atoms with E-state index in [1.54, 1.807) is 13.2 Å². The minimum absolute atomic E-state index is 0.162. The van der Waals surface area contributed by atoms with E-state index in [0.29, 0.717) is 12.2 Å². The van der Waals surface area contributed by atoms with Gasteiger partial charge in [0.2, 0.25) is 0 Å². The van der Waals surface area contributed by atoms with E-state index in [1.165, 1.54) is 0 Å². The number of hydrogen-bond donors (Lipinski definition) is 2. The Labute approximate surface area is 166 Å². The molecule has 0 radical (unpaired) electrons. The standard InChI is InChI=1S/C21H28N4O3/c1-27-18-7-5-17(6-8-18)9-10-23-21(26)19-3-2-4-20(24-19)22-11-12-25-13-15-28-16-14-25/h2-8H,9-16H2,1H3,(H,22,24)(H,23,26). The molecule has 0 atom stereocenters. The van der Waals surface area contributed by atoms with Crippen molar-refractivity contribution in [1.29, 1.82) is 0 Å². The number of nitrogens with zero attached hydrogens (tertiary/aromatic N) is 2. The highest BCUT2D eigenvalue weighted by Gasteiger charge is 2.10. The molecule has 1 aliphatic rings. The van der Waals surface area contributed by atoms with Crippen LogP contribution >= 0.6 is 0 Å². The van der Waals surface area contributed by atoms with Crippen LogP contribution in [0.5, 0.6) is 5.75 Å². The van der Waals surface area contributed by atoms with Crippen LogP contribution in [0.2, 0.25) is 0 Å². The summed E-state index contributed by atoms with van der Waals surface area (Å²) in [5.41, 5.74) is 1.57. The first-order chi connectivity index (χ1) is 13.7. The second-order valence-electron chi connectivity index (χ2n) is 6.64. The van der Waals surface area contributed by atoms with Crippen LogP contribution in [0.3, 0.4) is 0 Å². The number of aromatic nitrogens is 1. The molecule has 2 heterocycles. The fourth-order valence-electron chi connectivity index (χ4n) is 3.03. The van der Waals surface area contributed by atoms with Crippen molar-refractivity contribution in [3.05, 3.63) is 53.7 Å². The summed E-state index contributed by atoms with van der Waals surface area (Å²) in [4.78, 5) is 19.1. The number of amides is 1. The molecule has 0 spiro atoms. The highest BCUT2D eigenvalue weighted by Crippen LogP contribution is 2.11. The maximum absolute atomic E-state index is 12.4. The van der Waals surface area contributed by atoms with E-state index in [2.05, 4.69) is 20.5 Å². The zero-order valence-electron chi connectivity index (χ0n) is 16.3. The Bertz CT molecular complexity index is 746. The number of methoxy groups -OCH3 is 1. The number of benzene rings is 1. The maximum Gasteiger partial charge on any atom is 0.269 e. The number of hydrogen-bond acceptors (Lipinski definition) is 6. The minimum Gasteiger partial charge on any atom is -0.497 e. The number of morpholine rings is 1. The Balaban J connectivity index is 1.42. The minimum atomic E-state index is -0.162. The third-order valence-corrected chi connectivity index (χ3v) is 4.68. The first-order valence-electron chi connectivity index (χ1n) is 9.67. The first-order valence-corrected chi connectivity index (χ1v) is 9.67. The van der Waals surface area contributed by atoms with E-state index >= 15 is 0 Å². The Morgan fingerprint density at radius 3 is 2.68 bits per heavy atom. The van der Waals surface area contributed by atoms with Crippen molar-refractivity contribution < 1.29 is 14.3 Å². The lowest BCUT2D eigenvalue weighted by Gasteiger charge is -2.26. The Hall–Kier alpha value is -2.64. The third kappa shape index (κ3) is 6.21. The number of anilines is 1. The number of ether oxygens (including phenoxy) is 2. The van der Waals surface area contributed by atoms with Crippen molar-refractivity contribution in [1.82, 2.24) is 15.2 Å². The topological polar surface area (TPSA) is 75.7 Å². The lowest BCUT2D eigenvalue weighted by atomic mass is 10.1. The molecule has 0 saturated carbocycles. The molecule has 0 aliphatic carbocycles. The van der Waals surface area contributed by atoms with Crippen LogP contribution < -0.4 is 15.4 Å². The zero-order chi connectivity index (χ0) is 19.6. The predicted molar refractivity (Wildman–Crippen MR) is 109 cm³/mol. The Morgan fingerprint density at radius 2 is 1.93 bits per heavy atom. The summed E-state index contributed by atoms with van der Waals surface area (Å²) < 4.78 is 10.5. The van der Waals surface area contributed by atoms with E-state index in [9.17, 15) is 4.79 Å². The molecule has 1 aromatic heterocycles. The smallest absolute Gasteiger partial charge is 0.269 e. The van der Waals surface area contributed by atoms with Crippen LogP contribution in [-0.2, 0) is 11.2 Å². The number of pyridine rings is 1. The molecular formula is C21H28N4O3. The fourth-order valence-corrected chi connectivity index (χ4v) is 3.03. The first kappa shape index (κ1) is 20.1. The van der Waals surface area contributed by atoms with Gasteiger partial charge in [-0.1, -0.05) is 18.2 Å². The summed E-state index contributed by atoms with van der Waals surface area (Å²) in [5.74, 6) is 1.39. The van der Waals surface area contributed by atoms with Crippen LogP contribution in [-0.4, -0.2) is 68.8 Å². The molecule has 28 heavy (non-hydrogen) atoms. The number of carbonyl (C=O) groups is 1. The van der Waals surface area contributed by atoms with E-state index in [0.717, 1.165) is 62.9 Å². The normalized spacial score (nSPS) is 14.5. The van der Waals surface area contributed by atoms with Crippen molar-refractivity contribution in [3.63, 3.8) is 0 Å². The van der Waals surface area contributed by atoms with Crippen molar-refractivity contribution in [2.24, 2.45) is 0 Å². The monoisotopic (exact) mass is 384 g/mol. The highest BCUT2D eigenvalue weighted by atomic mass is 16.5. The van der Waals surface area contributed by atoms with Crippen molar-refractivity contribution >= 4 is 11.7 Å². The van der Waals surface area contributed by atoms with Crippen LogP contribution in [0.4, 0.5) is 5.82 Å². The number of nitrogens with one attached hydrogen (secondary N) is 2. The molecular weight excluding hydrogens is 356 g/mol. The quantitative estimate of drug-likeness (QED) is 0.687. The highest BCUT2D eigenvalue weighted by molar-refractivity contribution is 5.92. The van der Waals surface area contributed by atoms with E-state index < -0.39 is 0 Å². The van der Waals surface area contributed by atoms with Gasteiger partial charge in [-0.15, -0.1) is 0 Å². The van der Waals surface area contributed by atoms with Gasteiger partial charge < -0.3 is 20.1 Å². The second kappa shape index (κ2) is 10.6. The van der Waals surface area contributed by atoms with Crippen LogP contribution in [0.15, 0.2) is 42.5 Å². The van der Waals surface area contributed by atoms with Gasteiger partial charge in [-0.3, -0.25) is 9.69 Å². The second-order valence-corrected chi connectivity index (χ2v) is 6.64. The van der Waals surface area contributed by atoms with Gasteiger partial charge in [0.05, 0.1) is 20.3 Å². The zero-order valence-corrected chi connectivity index (χ0v) is 16.3. The lowest BCUT2D eigenvalue weighted by molar-refractivity contribution is 0.0398. The predicted octanol–water partition coefficient (Wildman–Crippen LogP) is 1.81. The van der Waals surface area contributed by atoms with E-state index in [4.69, 9.17) is 9.47 Å². The average molecular weight is 384 g/mol. The van der Waals surface area contributed by atoms with E-state index in [1.807, 2.05) is 36.4 Å². The van der Waals surface area contributed by atoms with Crippen molar-refractivity contribution in [2.75, 3.05) is 58.4 Å². The fraction of sp³-hybridized carbons (Fsp3) is 0.429. The van der Waals surface area contributed by atoms with E-state index in [-0.39, 0.29) is 5.91 Å². The van der Waals surface area contributed by atoms with Crippen LogP contribution in [0, 0.1) is 0 Å². The third-order valence-electron chi connectivity index (χ3n) is 4.68. The molecule has 0 unspecified atom stereocenters. The summed E-state index contributed by atoms with van der Waals surface area (Å²) in [6.07, 6.45) is 0.757. The molecule has 7 heteroatoms. The van der Waals surface area contributed by atoms with Gasteiger partial charge in [-0.05, 0) is 36.2 Å². The Kier molecular flexibility index (Phi) is 7.63. The van der Waals surface area contributed by atoms with Crippen LogP contribution in [0.1, 0.15) is 16.1 Å². The average Bonchev–Trinajstić information content (AvgIpc) is 2.75. The van der Waals surface area contributed by atoms with Crippen LogP contribution in [0.25, 0.3) is 0 Å². The lowest BCUT2D eigenvalue weighted by Crippen LogP contribution is -2.39.